The van der Waals surface area contributed by atoms with Gasteiger partial charge in [-0.1, -0.05) is 18.2 Å². The average Bonchev–Trinajstić information content (AvgIpc) is 2.42. The molecule has 1 aliphatic rings. The number of morpholine rings is 1. The first-order chi connectivity index (χ1) is 9.24. The number of hydrogen-bond donors (Lipinski definition) is 1. The van der Waals surface area contributed by atoms with E-state index >= 15 is 0 Å². The Hall–Kier alpha value is -2.14. The van der Waals surface area contributed by atoms with Gasteiger partial charge in [0.1, 0.15) is 12.4 Å². The number of benzene rings is 1. The van der Waals surface area contributed by atoms with Gasteiger partial charge in [0.2, 0.25) is 5.91 Å². The maximum absolute atomic E-state index is 11.7. The summed E-state index contributed by atoms with van der Waals surface area (Å²) in [5.74, 6) is 0.483. The molecule has 0 saturated carbocycles. The zero-order valence-corrected chi connectivity index (χ0v) is 10.5. The summed E-state index contributed by atoms with van der Waals surface area (Å²) in [7, 11) is 0. The van der Waals surface area contributed by atoms with E-state index in [0.717, 1.165) is 16.5 Å². The van der Waals surface area contributed by atoms with Crippen molar-refractivity contribution >= 4 is 22.6 Å². The summed E-state index contributed by atoms with van der Waals surface area (Å²) in [4.78, 5) is 17.8. The van der Waals surface area contributed by atoms with Crippen molar-refractivity contribution in [1.29, 1.82) is 0 Å². The van der Waals surface area contributed by atoms with Gasteiger partial charge in [-0.15, -0.1) is 0 Å². The maximum atomic E-state index is 11.7. The predicted molar refractivity (Wildman–Crippen MR) is 72.4 cm³/mol. The smallest absolute Gasteiger partial charge is 0.248 e. The number of aromatic nitrogens is 1. The number of pyridine rings is 1. The second-order valence-corrected chi connectivity index (χ2v) is 4.59. The number of nitrogen functional groups attached to an aromatic ring is 1. The molecular weight excluding hydrogens is 242 g/mol. The summed E-state index contributed by atoms with van der Waals surface area (Å²) in [5, 5.41) is 1.03. The molecule has 0 unspecified atom stereocenters. The van der Waals surface area contributed by atoms with Crippen LogP contribution in [-0.2, 0) is 16.1 Å². The fourth-order valence-electron chi connectivity index (χ4n) is 2.22. The van der Waals surface area contributed by atoms with Crippen LogP contribution in [0.1, 0.15) is 5.56 Å². The molecule has 5 heteroatoms. The van der Waals surface area contributed by atoms with Crippen LogP contribution in [0.2, 0.25) is 0 Å². The number of carbonyl (C=O) groups excluding carboxylic acids is 1. The van der Waals surface area contributed by atoms with E-state index in [1.807, 2.05) is 30.3 Å². The van der Waals surface area contributed by atoms with Crippen molar-refractivity contribution in [3.05, 3.63) is 35.9 Å². The van der Waals surface area contributed by atoms with E-state index in [9.17, 15) is 4.79 Å². The Labute approximate surface area is 111 Å². The number of fused-ring (bicyclic) bond motifs is 1. The molecule has 0 aliphatic carbocycles. The Morgan fingerprint density at radius 1 is 1.37 bits per heavy atom. The standard InChI is InChI=1S/C14H15N3O2/c15-14-11(8-17-5-6-19-9-13(17)18)7-10-3-1-2-4-12(10)16-14/h1-4,7H,5-6,8-9H2,(H2,15,16). The highest BCUT2D eigenvalue weighted by Gasteiger charge is 2.19. The van der Waals surface area contributed by atoms with Crippen LogP contribution in [0, 0.1) is 0 Å². The van der Waals surface area contributed by atoms with Crippen molar-refractivity contribution in [3.8, 4) is 0 Å². The molecule has 0 spiro atoms. The van der Waals surface area contributed by atoms with E-state index in [0.29, 0.717) is 25.5 Å². The van der Waals surface area contributed by atoms with Gasteiger partial charge in [0.25, 0.3) is 0 Å². The third kappa shape index (κ3) is 2.37. The second kappa shape index (κ2) is 4.85. The van der Waals surface area contributed by atoms with Crippen LogP contribution in [0.3, 0.4) is 0 Å². The molecule has 2 heterocycles. The van der Waals surface area contributed by atoms with Crippen molar-refractivity contribution in [2.45, 2.75) is 6.54 Å². The number of para-hydroxylation sites is 1. The van der Waals surface area contributed by atoms with Gasteiger partial charge in [0, 0.05) is 24.0 Å². The number of rotatable bonds is 2. The minimum atomic E-state index is -0.00110. The van der Waals surface area contributed by atoms with Crippen molar-refractivity contribution in [2.75, 3.05) is 25.5 Å². The summed E-state index contributed by atoms with van der Waals surface area (Å²) in [6.45, 7) is 1.82. The number of nitrogens with zero attached hydrogens (tertiary/aromatic N) is 2. The fourth-order valence-corrected chi connectivity index (χ4v) is 2.22. The molecular formula is C14H15N3O2. The molecule has 1 fully saturated rings. The Balaban J connectivity index is 1.91. The van der Waals surface area contributed by atoms with E-state index < -0.39 is 0 Å². The third-order valence-corrected chi connectivity index (χ3v) is 3.28. The quantitative estimate of drug-likeness (QED) is 0.877. The predicted octanol–water partition coefficient (Wildman–Crippen LogP) is 1.18. The Morgan fingerprint density at radius 2 is 2.21 bits per heavy atom. The zero-order valence-electron chi connectivity index (χ0n) is 10.5. The summed E-state index contributed by atoms with van der Waals surface area (Å²) in [5.41, 5.74) is 7.72. The van der Waals surface area contributed by atoms with Gasteiger partial charge in [0.05, 0.1) is 12.1 Å². The monoisotopic (exact) mass is 257 g/mol. The van der Waals surface area contributed by atoms with Crippen LogP contribution >= 0.6 is 0 Å². The first-order valence-corrected chi connectivity index (χ1v) is 6.24. The molecule has 1 aliphatic heterocycles. The van der Waals surface area contributed by atoms with Gasteiger partial charge in [-0.2, -0.15) is 0 Å². The lowest BCUT2D eigenvalue weighted by Crippen LogP contribution is -2.41. The molecule has 98 valence electrons. The van der Waals surface area contributed by atoms with Gasteiger partial charge >= 0.3 is 0 Å². The lowest BCUT2D eigenvalue weighted by Gasteiger charge is -2.27. The van der Waals surface area contributed by atoms with Gasteiger partial charge in [-0.05, 0) is 12.1 Å². The van der Waals surface area contributed by atoms with Crippen LogP contribution in [0.4, 0.5) is 5.82 Å². The van der Waals surface area contributed by atoms with Crippen molar-refractivity contribution in [2.24, 2.45) is 0 Å². The molecule has 1 aromatic heterocycles. The summed E-state index contributed by atoms with van der Waals surface area (Å²) >= 11 is 0. The largest absolute Gasteiger partial charge is 0.383 e. The fraction of sp³-hybridized carbons (Fsp3) is 0.286. The highest BCUT2D eigenvalue weighted by atomic mass is 16.5. The summed E-state index contributed by atoms with van der Waals surface area (Å²) < 4.78 is 5.11. The van der Waals surface area contributed by atoms with Crippen LogP contribution in [-0.4, -0.2) is 35.5 Å². The van der Waals surface area contributed by atoms with Crippen molar-refractivity contribution in [1.82, 2.24) is 9.88 Å². The van der Waals surface area contributed by atoms with Crippen molar-refractivity contribution < 1.29 is 9.53 Å². The first kappa shape index (κ1) is 11.9. The topological polar surface area (TPSA) is 68.4 Å². The highest BCUT2D eigenvalue weighted by Crippen LogP contribution is 2.20. The molecule has 2 N–H and O–H groups in total. The normalized spacial score (nSPS) is 16.0. The highest BCUT2D eigenvalue weighted by molar-refractivity contribution is 5.82. The van der Waals surface area contributed by atoms with Crippen LogP contribution in [0.25, 0.3) is 10.9 Å². The van der Waals surface area contributed by atoms with Crippen molar-refractivity contribution in [3.63, 3.8) is 0 Å². The molecule has 3 rings (SSSR count). The number of hydrogen-bond acceptors (Lipinski definition) is 4. The van der Waals surface area contributed by atoms with Gasteiger partial charge in [-0.3, -0.25) is 4.79 Å². The Bertz CT molecular complexity index is 627. The average molecular weight is 257 g/mol. The second-order valence-electron chi connectivity index (χ2n) is 4.59. The van der Waals surface area contributed by atoms with E-state index in [1.165, 1.54) is 0 Å². The first-order valence-electron chi connectivity index (χ1n) is 6.24. The SMILES string of the molecule is Nc1nc2ccccc2cc1CN1CCOCC1=O. The van der Waals surface area contributed by atoms with Crippen LogP contribution in [0.15, 0.2) is 30.3 Å². The maximum Gasteiger partial charge on any atom is 0.248 e. The van der Waals surface area contributed by atoms with Gasteiger partial charge < -0.3 is 15.4 Å². The van der Waals surface area contributed by atoms with E-state index in [1.54, 1.807) is 4.90 Å². The van der Waals surface area contributed by atoms with Crippen LogP contribution < -0.4 is 5.73 Å². The van der Waals surface area contributed by atoms with E-state index in [2.05, 4.69) is 4.98 Å². The number of amides is 1. The molecule has 1 aromatic carbocycles. The number of ether oxygens (including phenoxy) is 1. The summed E-state index contributed by atoms with van der Waals surface area (Å²) in [6, 6.07) is 9.81. The summed E-state index contributed by atoms with van der Waals surface area (Å²) in [6.07, 6.45) is 0. The van der Waals surface area contributed by atoms with E-state index in [-0.39, 0.29) is 12.5 Å². The molecule has 0 atom stereocenters. The van der Waals surface area contributed by atoms with E-state index in [4.69, 9.17) is 10.5 Å². The van der Waals surface area contributed by atoms with Crippen LogP contribution in [0.5, 0.6) is 0 Å². The number of nitrogens with two attached hydrogens (primary N) is 1. The lowest BCUT2D eigenvalue weighted by atomic mass is 10.1. The minimum absolute atomic E-state index is 0.00110. The minimum Gasteiger partial charge on any atom is -0.383 e. The van der Waals surface area contributed by atoms with Gasteiger partial charge in [0.15, 0.2) is 0 Å². The molecule has 2 aromatic rings. The Morgan fingerprint density at radius 3 is 3.05 bits per heavy atom. The molecule has 19 heavy (non-hydrogen) atoms. The molecule has 0 bridgehead atoms. The zero-order chi connectivity index (χ0) is 13.2. The lowest BCUT2D eigenvalue weighted by molar-refractivity contribution is -0.143. The number of carbonyl (C=O) groups is 1. The number of anilines is 1. The third-order valence-electron chi connectivity index (χ3n) is 3.28. The molecule has 1 amide bonds. The van der Waals surface area contributed by atoms with Gasteiger partial charge in [-0.25, -0.2) is 4.98 Å². The Kier molecular flexibility index (Phi) is 3.05. The molecule has 5 nitrogen and oxygen atoms in total. The molecule has 0 radical (unpaired) electrons. The molecule has 1 saturated heterocycles.